The first-order chi connectivity index (χ1) is 5.11. The van der Waals surface area contributed by atoms with E-state index in [1.165, 1.54) is 18.7 Å². The molecule has 0 heterocycles. The van der Waals surface area contributed by atoms with Gasteiger partial charge in [0.05, 0.1) is 0 Å². The fourth-order valence-electron chi connectivity index (χ4n) is 0.863. The van der Waals surface area contributed by atoms with Crippen molar-refractivity contribution >= 4 is 23.2 Å². The highest BCUT2D eigenvalue weighted by molar-refractivity contribution is 8.14. The normalized spacial score (nSPS) is 15.5. The Labute approximate surface area is 71.7 Å². The summed E-state index contributed by atoms with van der Waals surface area (Å²) in [5, 5.41) is 0.246. The van der Waals surface area contributed by atoms with Crippen LogP contribution in [-0.4, -0.2) is 16.7 Å². The number of thioether (sulfide) groups is 1. The lowest BCUT2D eigenvalue weighted by Gasteiger charge is -2.14. The van der Waals surface area contributed by atoms with Gasteiger partial charge in [0.2, 0.25) is 0 Å². The van der Waals surface area contributed by atoms with E-state index in [9.17, 15) is 9.59 Å². The molecule has 0 saturated heterocycles. The summed E-state index contributed by atoms with van der Waals surface area (Å²) < 4.78 is 0. The van der Waals surface area contributed by atoms with Gasteiger partial charge in [0.15, 0.2) is 5.12 Å². The second-order valence-electron chi connectivity index (χ2n) is 2.55. The molecule has 64 valence electrons. The lowest BCUT2D eigenvalue weighted by Crippen LogP contribution is -2.15. The van der Waals surface area contributed by atoms with E-state index in [2.05, 4.69) is 0 Å². The Bertz CT molecular complexity index is 145. The molecule has 0 bridgehead atoms. The smallest absolute Gasteiger partial charge is 0.186 e. The van der Waals surface area contributed by atoms with E-state index in [-0.39, 0.29) is 16.3 Å². The van der Waals surface area contributed by atoms with Gasteiger partial charge in [0, 0.05) is 18.1 Å². The molecule has 0 fully saturated rings. The summed E-state index contributed by atoms with van der Waals surface area (Å²) in [6.45, 7) is 5.36. The van der Waals surface area contributed by atoms with E-state index < -0.39 is 0 Å². The van der Waals surface area contributed by atoms with E-state index in [1.54, 1.807) is 0 Å². The first-order valence-corrected chi connectivity index (χ1v) is 4.62. The van der Waals surface area contributed by atoms with Gasteiger partial charge in [-0.25, -0.2) is 0 Å². The molecule has 11 heavy (non-hydrogen) atoms. The minimum absolute atomic E-state index is 0.0195. The second kappa shape index (κ2) is 5.35. The first kappa shape index (κ1) is 10.7. The predicted molar refractivity (Wildman–Crippen MR) is 47.6 cm³/mol. The Kier molecular flexibility index (Phi) is 5.20. The molecule has 0 rings (SSSR count). The molecule has 0 aliphatic rings. The maximum Gasteiger partial charge on any atom is 0.186 e. The summed E-state index contributed by atoms with van der Waals surface area (Å²) in [5.74, 6) is -0.0195. The summed E-state index contributed by atoms with van der Waals surface area (Å²) in [6.07, 6.45) is 1.77. The van der Waals surface area contributed by atoms with Gasteiger partial charge >= 0.3 is 0 Å². The van der Waals surface area contributed by atoms with Crippen LogP contribution in [0.25, 0.3) is 0 Å². The average Bonchev–Trinajstić information content (AvgIpc) is 1.98. The quantitative estimate of drug-likeness (QED) is 0.610. The molecule has 2 atom stereocenters. The summed E-state index contributed by atoms with van der Waals surface area (Å²) in [5.41, 5.74) is 0. The maximum absolute atomic E-state index is 10.7. The zero-order valence-electron chi connectivity index (χ0n) is 7.16. The highest BCUT2D eigenvalue weighted by atomic mass is 32.2. The van der Waals surface area contributed by atoms with Crippen LogP contribution in [0.1, 0.15) is 27.2 Å². The van der Waals surface area contributed by atoms with Crippen LogP contribution in [0.2, 0.25) is 0 Å². The molecule has 0 aromatic heterocycles. The zero-order chi connectivity index (χ0) is 8.85. The standard InChI is InChI=1S/C8H14O2S/c1-4-8(6(2)5-9)11-7(3)10/h5-6,8H,4H2,1-3H3/t6-,8+/m0/s1. The minimum Gasteiger partial charge on any atom is -0.303 e. The molecule has 0 N–H and O–H groups in total. The number of carbonyl (C=O) groups excluding carboxylic acids is 2. The highest BCUT2D eigenvalue weighted by Gasteiger charge is 2.16. The van der Waals surface area contributed by atoms with Crippen molar-refractivity contribution in [3.63, 3.8) is 0 Å². The van der Waals surface area contributed by atoms with Crippen LogP contribution < -0.4 is 0 Å². The summed E-state index contributed by atoms with van der Waals surface area (Å²) in [6, 6.07) is 0. The van der Waals surface area contributed by atoms with Crippen LogP contribution in [0.4, 0.5) is 0 Å². The van der Waals surface area contributed by atoms with E-state index in [0.717, 1.165) is 12.7 Å². The van der Waals surface area contributed by atoms with Crippen molar-refractivity contribution in [2.24, 2.45) is 5.92 Å². The lowest BCUT2D eigenvalue weighted by atomic mass is 10.1. The number of aldehydes is 1. The third kappa shape index (κ3) is 4.19. The topological polar surface area (TPSA) is 34.1 Å². The van der Waals surface area contributed by atoms with Crippen LogP contribution in [-0.2, 0) is 9.59 Å². The van der Waals surface area contributed by atoms with Crippen LogP contribution in [0.15, 0.2) is 0 Å². The molecule has 0 amide bonds. The molecule has 0 aromatic rings. The van der Waals surface area contributed by atoms with Crippen molar-refractivity contribution in [3.8, 4) is 0 Å². The van der Waals surface area contributed by atoms with E-state index in [0.29, 0.717) is 0 Å². The second-order valence-corrected chi connectivity index (χ2v) is 3.97. The van der Waals surface area contributed by atoms with Gasteiger partial charge in [0.25, 0.3) is 0 Å². The fraction of sp³-hybridized carbons (Fsp3) is 0.750. The monoisotopic (exact) mass is 174 g/mol. The van der Waals surface area contributed by atoms with Crippen LogP contribution in [0, 0.1) is 5.92 Å². The van der Waals surface area contributed by atoms with Crippen molar-refractivity contribution in [1.82, 2.24) is 0 Å². The van der Waals surface area contributed by atoms with E-state index in [4.69, 9.17) is 0 Å². The molecule has 2 nitrogen and oxygen atoms in total. The molecule has 0 saturated carbocycles. The van der Waals surface area contributed by atoms with Gasteiger partial charge < -0.3 is 4.79 Å². The summed E-state index contributed by atoms with van der Waals surface area (Å²) in [4.78, 5) is 21.0. The molecule has 0 aliphatic heterocycles. The number of hydrogen-bond donors (Lipinski definition) is 0. The third-order valence-corrected chi connectivity index (χ3v) is 2.92. The van der Waals surface area contributed by atoms with Gasteiger partial charge in [-0.2, -0.15) is 0 Å². The Morgan fingerprint density at radius 2 is 2.18 bits per heavy atom. The number of carbonyl (C=O) groups is 2. The van der Waals surface area contributed by atoms with Gasteiger partial charge in [-0.05, 0) is 6.42 Å². The third-order valence-electron chi connectivity index (χ3n) is 1.52. The Morgan fingerprint density at radius 3 is 2.45 bits per heavy atom. The number of hydrogen-bond acceptors (Lipinski definition) is 3. The minimum atomic E-state index is -0.0195. The molecular weight excluding hydrogens is 160 g/mol. The van der Waals surface area contributed by atoms with Crippen molar-refractivity contribution in [2.45, 2.75) is 32.4 Å². The molecule has 0 spiro atoms. The molecule has 0 unspecified atom stereocenters. The molecule has 0 aliphatic carbocycles. The largest absolute Gasteiger partial charge is 0.303 e. The summed E-state index contributed by atoms with van der Waals surface area (Å²) >= 11 is 1.26. The Balaban J connectivity index is 3.93. The molecule has 3 heteroatoms. The average molecular weight is 174 g/mol. The van der Waals surface area contributed by atoms with Gasteiger partial charge in [-0.1, -0.05) is 25.6 Å². The highest BCUT2D eigenvalue weighted by Crippen LogP contribution is 2.21. The maximum atomic E-state index is 10.7. The zero-order valence-corrected chi connectivity index (χ0v) is 7.98. The predicted octanol–water partition coefficient (Wildman–Crippen LogP) is 1.88. The lowest BCUT2D eigenvalue weighted by molar-refractivity contribution is -0.110. The van der Waals surface area contributed by atoms with Crippen LogP contribution in [0.5, 0.6) is 0 Å². The van der Waals surface area contributed by atoms with Gasteiger partial charge in [0.1, 0.15) is 6.29 Å². The molecular formula is C8H14O2S. The SMILES string of the molecule is CC[C@@H](SC(C)=O)[C@@H](C)C=O. The fourth-order valence-corrected chi connectivity index (χ4v) is 1.74. The van der Waals surface area contributed by atoms with E-state index >= 15 is 0 Å². The van der Waals surface area contributed by atoms with Crippen molar-refractivity contribution in [2.75, 3.05) is 0 Å². The number of rotatable bonds is 4. The van der Waals surface area contributed by atoms with Crippen LogP contribution in [0.3, 0.4) is 0 Å². The van der Waals surface area contributed by atoms with Crippen molar-refractivity contribution < 1.29 is 9.59 Å². The van der Waals surface area contributed by atoms with Gasteiger partial charge in [-0.3, -0.25) is 4.79 Å². The van der Waals surface area contributed by atoms with Crippen molar-refractivity contribution in [1.29, 1.82) is 0 Å². The van der Waals surface area contributed by atoms with E-state index in [1.807, 2.05) is 13.8 Å². The molecule has 0 aromatic carbocycles. The molecule has 0 radical (unpaired) electrons. The Hall–Kier alpha value is -0.310. The van der Waals surface area contributed by atoms with Crippen LogP contribution >= 0.6 is 11.8 Å². The first-order valence-electron chi connectivity index (χ1n) is 3.74. The van der Waals surface area contributed by atoms with Gasteiger partial charge in [-0.15, -0.1) is 0 Å². The van der Waals surface area contributed by atoms with Crippen molar-refractivity contribution in [3.05, 3.63) is 0 Å². The Morgan fingerprint density at radius 1 is 1.64 bits per heavy atom. The summed E-state index contributed by atoms with van der Waals surface area (Å²) in [7, 11) is 0.